The first-order valence-corrected chi connectivity index (χ1v) is 10.5. The second-order valence-electron chi connectivity index (χ2n) is 6.54. The predicted molar refractivity (Wildman–Crippen MR) is 124 cm³/mol. The van der Waals surface area contributed by atoms with Gasteiger partial charge in [0.05, 0.1) is 16.4 Å². The van der Waals surface area contributed by atoms with Crippen molar-refractivity contribution in [3.8, 4) is 17.1 Å². The summed E-state index contributed by atoms with van der Waals surface area (Å²) in [5, 5.41) is 8.06. The zero-order chi connectivity index (χ0) is 21.3. The highest BCUT2D eigenvalue weighted by Crippen LogP contribution is 2.27. The van der Waals surface area contributed by atoms with Crippen LogP contribution in [-0.4, -0.2) is 20.7 Å². The van der Waals surface area contributed by atoms with Crippen LogP contribution < -0.4 is 5.32 Å². The van der Waals surface area contributed by atoms with E-state index in [-0.39, 0.29) is 5.82 Å². The normalized spacial score (nSPS) is 10.8. The number of hydrogen-bond donors (Lipinski definition) is 1. The SMILES string of the molecule is Cc1ccccc1-n1nc(C(=O)Nc2ccc(Cl)cc2Cl)nc1-c1ccc(Br)cc1. The van der Waals surface area contributed by atoms with Crippen LogP contribution in [0.1, 0.15) is 16.2 Å². The van der Waals surface area contributed by atoms with E-state index in [4.69, 9.17) is 23.2 Å². The molecule has 8 heteroatoms. The molecule has 30 heavy (non-hydrogen) atoms. The minimum atomic E-state index is -0.468. The van der Waals surface area contributed by atoms with Crippen LogP contribution in [0.25, 0.3) is 17.1 Å². The summed E-state index contributed by atoms with van der Waals surface area (Å²) in [5.74, 6) is 0.122. The summed E-state index contributed by atoms with van der Waals surface area (Å²) >= 11 is 15.5. The van der Waals surface area contributed by atoms with Gasteiger partial charge in [0.1, 0.15) is 0 Å². The molecule has 1 aromatic heterocycles. The molecule has 0 unspecified atom stereocenters. The van der Waals surface area contributed by atoms with E-state index in [2.05, 4.69) is 31.3 Å². The van der Waals surface area contributed by atoms with Gasteiger partial charge in [0.25, 0.3) is 5.91 Å². The highest BCUT2D eigenvalue weighted by atomic mass is 79.9. The molecule has 0 bridgehead atoms. The minimum Gasteiger partial charge on any atom is -0.318 e. The van der Waals surface area contributed by atoms with Crippen molar-refractivity contribution < 1.29 is 4.79 Å². The number of nitrogens with zero attached hydrogens (tertiary/aromatic N) is 3. The van der Waals surface area contributed by atoms with Gasteiger partial charge in [0.2, 0.25) is 5.82 Å². The summed E-state index contributed by atoms with van der Waals surface area (Å²) in [6.07, 6.45) is 0. The van der Waals surface area contributed by atoms with Crippen LogP contribution >= 0.6 is 39.1 Å². The monoisotopic (exact) mass is 500 g/mol. The maximum atomic E-state index is 12.9. The van der Waals surface area contributed by atoms with Gasteiger partial charge in [-0.2, -0.15) is 0 Å². The molecule has 3 aromatic carbocycles. The summed E-state index contributed by atoms with van der Waals surface area (Å²) in [6, 6.07) is 20.3. The molecule has 0 aliphatic rings. The van der Waals surface area contributed by atoms with E-state index >= 15 is 0 Å². The largest absolute Gasteiger partial charge is 0.318 e. The maximum absolute atomic E-state index is 12.9. The lowest BCUT2D eigenvalue weighted by molar-refractivity contribution is 0.101. The second-order valence-corrected chi connectivity index (χ2v) is 8.30. The van der Waals surface area contributed by atoms with E-state index in [0.717, 1.165) is 21.3 Å². The molecule has 0 fully saturated rings. The molecule has 0 atom stereocenters. The van der Waals surface area contributed by atoms with Crippen molar-refractivity contribution in [3.05, 3.63) is 92.6 Å². The fourth-order valence-electron chi connectivity index (χ4n) is 2.93. The third-order valence-electron chi connectivity index (χ3n) is 4.44. The molecule has 0 aliphatic heterocycles. The Kier molecular flexibility index (Phi) is 5.90. The van der Waals surface area contributed by atoms with Gasteiger partial charge >= 0.3 is 0 Å². The molecule has 5 nitrogen and oxygen atoms in total. The van der Waals surface area contributed by atoms with Gasteiger partial charge < -0.3 is 5.32 Å². The quantitative estimate of drug-likeness (QED) is 0.344. The highest BCUT2D eigenvalue weighted by Gasteiger charge is 2.20. The summed E-state index contributed by atoms with van der Waals surface area (Å²) in [7, 11) is 0. The van der Waals surface area contributed by atoms with Gasteiger partial charge in [-0.05, 0) is 48.9 Å². The molecule has 1 N–H and O–H groups in total. The van der Waals surface area contributed by atoms with E-state index in [9.17, 15) is 4.79 Å². The molecule has 150 valence electrons. The topological polar surface area (TPSA) is 59.8 Å². The molecule has 0 radical (unpaired) electrons. The molecule has 0 saturated carbocycles. The number of hydrogen-bond acceptors (Lipinski definition) is 3. The number of carbonyl (C=O) groups is 1. The third-order valence-corrected chi connectivity index (χ3v) is 5.51. The Morgan fingerprint density at radius 3 is 2.47 bits per heavy atom. The van der Waals surface area contributed by atoms with Crippen molar-refractivity contribution in [2.75, 3.05) is 5.32 Å². The number of aromatic nitrogens is 3. The zero-order valence-corrected chi connectivity index (χ0v) is 18.8. The first-order chi connectivity index (χ1) is 14.4. The van der Waals surface area contributed by atoms with Crippen LogP contribution in [0.2, 0.25) is 10.0 Å². The van der Waals surface area contributed by atoms with Crippen LogP contribution in [0, 0.1) is 6.92 Å². The molecular weight excluding hydrogens is 487 g/mol. The molecule has 0 saturated heterocycles. The number of para-hydroxylation sites is 1. The van der Waals surface area contributed by atoms with Crippen LogP contribution in [0.5, 0.6) is 0 Å². The second kappa shape index (κ2) is 8.60. The maximum Gasteiger partial charge on any atom is 0.295 e. The molecule has 1 amide bonds. The van der Waals surface area contributed by atoms with Crippen LogP contribution in [0.15, 0.2) is 71.2 Å². The van der Waals surface area contributed by atoms with Crippen molar-refractivity contribution in [2.24, 2.45) is 0 Å². The Labute approximate surface area is 191 Å². The smallest absolute Gasteiger partial charge is 0.295 e. The molecule has 0 spiro atoms. The molecular formula is C22H15BrCl2N4O. The fraction of sp³-hybridized carbons (Fsp3) is 0.0455. The number of amides is 1. The Bertz CT molecular complexity index is 1240. The van der Waals surface area contributed by atoms with Gasteiger partial charge in [-0.1, -0.05) is 69.5 Å². The van der Waals surface area contributed by atoms with E-state index < -0.39 is 5.91 Å². The average Bonchev–Trinajstić information content (AvgIpc) is 3.16. The first kappa shape index (κ1) is 20.6. The van der Waals surface area contributed by atoms with Crippen LogP contribution in [-0.2, 0) is 0 Å². The lowest BCUT2D eigenvalue weighted by Crippen LogP contribution is -2.14. The van der Waals surface area contributed by atoms with Gasteiger partial charge in [0.15, 0.2) is 5.82 Å². The van der Waals surface area contributed by atoms with E-state index in [1.54, 1.807) is 22.9 Å². The lowest BCUT2D eigenvalue weighted by Gasteiger charge is -2.08. The summed E-state index contributed by atoms with van der Waals surface area (Å²) in [6.45, 7) is 1.98. The minimum absolute atomic E-state index is 0.0298. The van der Waals surface area contributed by atoms with Gasteiger partial charge in [-0.3, -0.25) is 4.79 Å². The number of nitrogens with one attached hydrogen (secondary N) is 1. The van der Waals surface area contributed by atoms with E-state index in [1.807, 2.05) is 55.5 Å². The van der Waals surface area contributed by atoms with E-state index in [0.29, 0.717) is 21.6 Å². The summed E-state index contributed by atoms with van der Waals surface area (Å²) in [5.41, 5.74) is 3.11. The Hall–Kier alpha value is -2.67. The van der Waals surface area contributed by atoms with E-state index in [1.165, 1.54) is 0 Å². The van der Waals surface area contributed by atoms with Crippen LogP contribution in [0.4, 0.5) is 5.69 Å². The fourth-order valence-corrected chi connectivity index (χ4v) is 3.65. The number of carbonyl (C=O) groups excluding carboxylic acids is 1. The van der Waals surface area contributed by atoms with Gasteiger partial charge in [-0.15, -0.1) is 5.10 Å². The highest BCUT2D eigenvalue weighted by molar-refractivity contribution is 9.10. The molecule has 4 rings (SSSR count). The standard InChI is InChI=1S/C22H15BrCl2N4O/c1-13-4-2-3-5-19(13)29-21(14-6-8-15(23)9-7-14)27-20(28-29)22(30)26-18-11-10-16(24)12-17(18)25/h2-12H,1H3,(H,26,30). The van der Waals surface area contributed by atoms with Crippen molar-refractivity contribution in [1.29, 1.82) is 0 Å². The van der Waals surface area contributed by atoms with Crippen LogP contribution in [0.3, 0.4) is 0 Å². The number of halogens is 3. The number of anilines is 1. The average molecular weight is 502 g/mol. The Morgan fingerprint density at radius 2 is 1.77 bits per heavy atom. The third kappa shape index (κ3) is 4.26. The summed E-state index contributed by atoms with van der Waals surface area (Å²) in [4.78, 5) is 17.4. The Morgan fingerprint density at radius 1 is 1.03 bits per heavy atom. The number of aryl methyl sites for hydroxylation is 1. The van der Waals surface area contributed by atoms with Crippen molar-refractivity contribution in [2.45, 2.75) is 6.92 Å². The summed E-state index contributed by atoms with van der Waals surface area (Å²) < 4.78 is 2.63. The van der Waals surface area contributed by atoms with Gasteiger partial charge in [-0.25, -0.2) is 9.67 Å². The first-order valence-electron chi connectivity index (χ1n) is 8.98. The number of rotatable bonds is 4. The molecule has 0 aliphatic carbocycles. The number of benzene rings is 3. The van der Waals surface area contributed by atoms with Crippen molar-refractivity contribution in [3.63, 3.8) is 0 Å². The lowest BCUT2D eigenvalue weighted by atomic mass is 10.2. The van der Waals surface area contributed by atoms with Crippen molar-refractivity contribution in [1.82, 2.24) is 14.8 Å². The van der Waals surface area contributed by atoms with Gasteiger partial charge in [0, 0.05) is 15.1 Å². The Balaban J connectivity index is 1.77. The predicted octanol–water partition coefficient (Wildman–Crippen LogP) is 6.56. The molecule has 1 heterocycles. The zero-order valence-electron chi connectivity index (χ0n) is 15.7. The van der Waals surface area contributed by atoms with Crippen molar-refractivity contribution >= 4 is 50.7 Å². The molecule has 4 aromatic rings.